The van der Waals surface area contributed by atoms with Crippen LogP contribution in [0.3, 0.4) is 0 Å². The third-order valence-electron chi connectivity index (χ3n) is 4.96. The Kier molecular flexibility index (Phi) is 5.63. The van der Waals surface area contributed by atoms with Crippen molar-refractivity contribution >= 4 is 0 Å². The van der Waals surface area contributed by atoms with Crippen LogP contribution >= 0.6 is 0 Å². The van der Waals surface area contributed by atoms with Gasteiger partial charge in [-0.25, -0.2) is 0 Å². The fourth-order valence-corrected chi connectivity index (χ4v) is 3.71. The predicted molar refractivity (Wildman–Crippen MR) is 77.1 cm³/mol. The Morgan fingerprint density at radius 2 is 1.89 bits per heavy atom. The van der Waals surface area contributed by atoms with Crippen LogP contribution < -0.4 is 5.73 Å². The Morgan fingerprint density at radius 3 is 2.58 bits per heavy atom. The van der Waals surface area contributed by atoms with Gasteiger partial charge in [0, 0.05) is 38.6 Å². The molecule has 0 amide bonds. The molecule has 2 aliphatic rings. The Hall–Kier alpha value is -0.160. The van der Waals surface area contributed by atoms with Gasteiger partial charge in [-0.3, -0.25) is 0 Å². The molecule has 19 heavy (non-hydrogen) atoms. The summed E-state index contributed by atoms with van der Waals surface area (Å²) in [6.07, 6.45) is 7.93. The first-order valence-electron chi connectivity index (χ1n) is 7.85. The number of hydrogen-bond acceptors (Lipinski definition) is 4. The van der Waals surface area contributed by atoms with Gasteiger partial charge in [-0.05, 0) is 32.4 Å². The zero-order valence-corrected chi connectivity index (χ0v) is 12.3. The Balaban J connectivity index is 1.94. The second kappa shape index (κ2) is 7.02. The maximum absolute atomic E-state index is 10.6. The molecule has 0 aromatic heterocycles. The molecular formula is C15H30N2O2. The fraction of sp³-hybridized carbons (Fsp3) is 1.00. The number of nitrogens with two attached hydrogens (primary N) is 1. The van der Waals surface area contributed by atoms with Crippen LogP contribution in [0.15, 0.2) is 0 Å². The number of nitrogens with zero attached hydrogens (tertiary/aromatic N) is 1. The van der Waals surface area contributed by atoms with Gasteiger partial charge in [-0.2, -0.15) is 0 Å². The van der Waals surface area contributed by atoms with Crippen LogP contribution in [-0.4, -0.2) is 55.0 Å². The monoisotopic (exact) mass is 270 g/mol. The Bertz CT molecular complexity index is 267. The molecule has 4 nitrogen and oxygen atoms in total. The van der Waals surface area contributed by atoms with E-state index >= 15 is 0 Å². The van der Waals surface area contributed by atoms with Crippen LogP contribution in [0.4, 0.5) is 0 Å². The summed E-state index contributed by atoms with van der Waals surface area (Å²) in [4.78, 5) is 2.37. The first kappa shape index (κ1) is 15.2. The molecule has 1 aliphatic carbocycles. The summed E-state index contributed by atoms with van der Waals surface area (Å²) >= 11 is 0. The SMILES string of the molecule is CN(CC1(O)CCOCC1)C1CCCCCC1CN. The number of aliphatic hydroxyl groups is 1. The van der Waals surface area contributed by atoms with E-state index in [0.29, 0.717) is 25.2 Å². The quantitative estimate of drug-likeness (QED) is 0.758. The lowest BCUT2D eigenvalue weighted by Gasteiger charge is -2.40. The number of ether oxygens (including phenoxy) is 1. The van der Waals surface area contributed by atoms with Crippen LogP contribution in [0.5, 0.6) is 0 Å². The normalized spacial score (nSPS) is 32.2. The van der Waals surface area contributed by atoms with Gasteiger partial charge in [0.05, 0.1) is 5.60 Å². The van der Waals surface area contributed by atoms with Crippen LogP contribution in [0, 0.1) is 5.92 Å². The van der Waals surface area contributed by atoms with E-state index in [4.69, 9.17) is 10.5 Å². The molecule has 0 radical (unpaired) electrons. The number of likely N-dealkylation sites (N-methyl/N-ethyl adjacent to an activating group) is 1. The summed E-state index contributed by atoms with van der Waals surface area (Å²) in [6.45, 7) is 2.92. The van der Waals surface area contributed by atoms with Gasteiger partial charge in [0.2, 0.25) is 0 Å². The van der Waals surface area contributed by atoms with Gasteiger partial charge in [0.15, 0.2) is 0 Å². The van der Waals surface area contributed by atoms with E-state index < -0.39 is 5.60 Å². The van der Waals surface area contributed by atoms with Crippen molar-refractivity contribution in [3.63, 3.8) is 0 Å². The molecule has 1 saturated heterocycles. The first-order chi connectivity index (χ1) is 9.14. The average Bonchev–Trinajstić information content (AvgIpc) is 2.64. The Labute approximate surface area is 117 Å². The van der Waals surface area contributed by atoms with Crippen molar-refractivity contribution in [1.82, 2.24) is 4.90 Å². The zero-order valence-electron chi connectivity index (χ0n) is 12.3. The molecule has 1 heterocycles. The number of hydrogen-bond donors (Lipinski definition) is 2. The summed E-state index contributed by atoms with van der Waals surface area (Å²) < 4.78 is 5.36. The molecule has 2 unspecified atom stereocenters. The van der Waals surface area contributed by atoms with Crippen molar-refractivity contribution in [1.29, 1.82) is 0 Å². The van der Waals surface area contributed by atoms with Gasteiger partial charge in [0.25, 0.3) is 0 Å². The molecule has 3 N–H and O–H groups in total. The molecule has 0 aromatic carbocycles. The van der Waals surface area contributed by atoms with Gasteiger partial charge < -0.3 is 20.5 Å². The molecule has 4 heteroatoms. The minimum atomic E-state index is -0.557. The number of rotatable bonds is 4. The maximum atomic E-state index is 10.6. The topological polar surface area (TPSA) is 58.7 Å². The largest absolute Gasteiger partial charge is 0.388 e. The summed E-state index contributed by atoms with van der Waals surface area (Å²) in [5.41, 5.74) is 5.40. The third-order valence-corrected chi connectivity index (χ3v) is 4.96. The van der Waals surface area contributed by atoms with Crippen molar-refractivity contribution in [2.75, 3.05) is 33.4 Å². The highest BCUT2D eigenvalue weighted by atomic mass is 16.5. The zero-order chi connectivity index (χ0) is 13.7. The van der Waals surface area contributed by atoms with Crippen molar-refractivity contribution in [2.45, 2.75) is 56.6 Å². The van der Waals surface area contributed by atoms with E-state index in [-0.39, 0.29) is 0 Å². The molecule has 2 fully saturated rings. The summed E-state index contributed by atoms with van der Waals surface area (Å²) in [7, 11) is 2.16. The van der Waals surface area contributed by atoms with Crippen molar-refractivity contribution in [2.24, 2.45) is 11.7 Å². The van der Waals surface area contributed by atoms with E-state index in [1.54, 1.807) is 0 Å². The minimum absolute atomic E-state index is 0.541. The lowest BCUT2D eigenvalue weighted by atomic mass is 9.89. The minimum Gasteiger partial charge on any atom is -0.388 e. The van der Waals surface area contributed by atoms with Gasteiger partial charge in [-0.15, -0.1) is 0 Å². The van der Waals surface area contributed by atoms with E-state index in [9.17, 15) is 5.11 Å². The van der Waals surface area contributed by atoms with Gasteiger partial charge in [0.1, 0.15) is 0 Å². The fourth-order valence-electron chi connectivity index (χ4n) is 3.71. The van der Waals surface area contributed by atoms with Gasteiger partial charge >= 0.3 is 0 Å². The van der Waals surface area contributed by atoms with E-state index in [0.717, 1.165) is 25.9 Å². The maximum Gasteiger partial charge on any atom is 0.0817 e. The highest BCUT2D eigenvalue weighted by Gasteiger charge is 2.34. The van der Waals surface area contributed by atoms with Gasteiger partial charge in [-0.1, -0.05) is 19.3 Å². The smallest absolute Gasteiger partial charge is 0.0817 e. The molecule has 0 spiro atoms. The highest BCUT2D eigenvalue weighted by Crippen LogP contribution is 2.29. The Morgan fingerprint density at radius 1 is 1.21 bits per heavy atom. The first-order valence-corrected chi connectivity index (χ1v) is 7.85. The summed E-state index contributed by atoms with van der Waals surface area (Å²) in [6, 6.07) is 0.541. The van der Waals surface area contributed by atoms with Crippen molar-refractivity contribution in [3.05, 3.63) is 0 Å². The van der Waals surface area contributed by atoms with Crippen LogP contribution in [-0.2, 0) is 4.74 Å². The molecule has 0 aromatic rings. The van der Waals surface area contributed by atoms with E-state index in [2.05, 4.69) is 11.9 Å². The molecular weight excluding hydrogens is 240 g/mol. The third kappa shape index (κ3) is 4.15. The predicted octanol–water partition coefficient (Wildman–Crippen LogP) is 1.37. The summed E-state index contributed by atoms with van der Waals surface area (Å²) in [5.74, 6) is 0.593. The van der Waals surface area contributed by atoms with E-state index in [1.807, 2.05) is 0 Å². The van der Waals surface area contributed by atoms with Crippen molar-refractivity contribution in [3.8, 4) is 0 Å². The molecule has 1 aliphatic heterocycles. The second-order valence-electron chi connectivity index (χ2n) is 6.45. The van der Waals surface area contributed by atoms with Crippen molar-refractivity contribution < 1.29 is 9.84 Å². The average molecular weight is 270 g/mol. The molecule has 1 saturated carbocycles. The molecule has 2 atom stereocenters. The highest BCUT2D eigenvalue weighted by molar-refractivity contribution is 4.88. The van der Waals surface area contributed by atoms with Crippen LogP contribution in [0.2, 0.25) is 0 Å². The molecule has 0 bridgehead atoms. The lowest BCUT2D eigenvalue weighted by molar-refractivity contribution is -0.0842. The lowest BCUT2D eigenvalue weighted by Crippen LogP contribution is -2.51. The molecule has 2 rings (SSSR count). The van der Waals surface area contributed by atoms with E-state index in [1.165, 1.54) is 32.1 Å². The second-order valence-corrected chi connectivity index (χ2v) is 6.45. The van der Waals surface area contributed by atoms with Crippen LogP contribution in [0.25, 0.3) is 0 Å². The summed E-state index contributed by atoms with van der Waals surface area (Å²) in [5, 5.41) is 10.6. The standard InChI is InChI=1S/C15H30N2O2/c1-17(12-15(18)7-9-19-10-8-15)14-6-4-2-3-5-13(14)11-16/h13-14,18H,2-12,16H2,1H3. The van der Waals surface area contributed by atoms with Crippen LogP contribution in [0.1, 0.15) is 44.9 Å². The molecule has 112 valence electrons.